The first-order chi connectivity index (χ1) is 14.2. The summed E-state index contributed by atoms with van der Waals surface area (Å²) in [6, 6.07) is 10.9. The molecule has 0 aliphatic carbocycles. The van der Waals surface area contributed by atoms with Crippen molar-refractivity contribution in [1.29, 1.82) is 0 Å². The molecule has 9 heteroatoms. The van der Waals surface area contributed by atoms with E-state index in [-0.39, 0.29) is 11.9 Å². The van der Waals surface area contributed by atoms with Crippen molar-refractivity contribution in [2.24, 2.45) is 0 Å². The van der Waals surface area contributed by atoms with Crippen LogP contribution in [-0.4, -0.2) is 34.5 Å². The van der Waals surface area contributed by atoms with Crippen molar-refractivity contribution in [3.8, 4) is 11.5 Å². The summed E-state index contributed by atoms with van der Waals surface area (Å²) in [6.45, 7) is 4.69. The lowest BCUT2D eigenvalue weighted by Gasteiger charge is -2.26. The Morgan fingerprint density at radius 3 is 2.93 bits per heavy atom. The van der Waals surface area contributed by atoms with Gasteiger partial charge in [0.05, 0.1) is 12.9 Å². The molecular weight excluding hydrogens is 394 g/mol. The van der Waals surface area contributed by atoms with Crippen molar-refractivity contribution in [2.45, 2.75) is 23.6 Å². The molecule has 0 amide bonds. The molecule has 0 bridgehead atoms. The number of para-hydroxylation sites is 2. The van der Waals surface area contributed by atoms with Gasteiger partial charge < -0.3 is 18.6 Å². The van der Waals surface area contributed by atoms with Gasteiger partial charge in [0.2, 0.25) is 5.76 Å². The number of aromatic nitrogens is 3. The lowest BCUT2D eigenvalue weighted by molar-refractivity contribution is 0.0563. The van der Waals surface area contributed by atoms with Crippen LogP contribution in [0.3, 0.4) is 0 Å². The van der Waals surface area contributed by atoms with Crippen LogP contribution in [-0.2, 0) is 17.0 Å². The number of nitrogens with zero attached hydrogens (tertiary/aromatic N) is 3. The maximum absolute atomic E-state index is 11.5. The number of fused-ring (bicyclic) bond motifs is 1. The van der Waals surface area contributed by atoms with Crippen LogP contribution in [0.25, 0.3) is 0 Å². The van der Waals surface area contributed by atoms with Gasteiger partial charge in [0.1, 0.15) is 12.4 Å². The third-order valence-electron chi connectivity index (χ3n) is 4.25. The summed E-state index contributed by atoms with van der Waals surface area (Å²) in [7, 11) is 1.31. The number of hydrogen-bond donors (Lipinski definition) is 0. The number of benzene rings is 1. The normalized spacial score (nSPS) is 15.1. The number of allylic oxidation sites excluding steroid dienone is 1. The van der Waals surface area contributed by atoms with Crippen molar-refractivity contribution in [3.63, 3.8) is 0 Å². The first-order valence-electron chi connectivity index (χ1n) is 8.92. The maximum Gasteiger partial charge on any atom is 0.373 e. The fraction of sp³-hybridized carbons (Fsp3) is 0.250. The monoisotopic (exact) mass is 413 g/mol. The summed E-state index contributed by atoms with van der Waals surface area (Å²) in [6.07, 6.45) is 1.40. The Bertz CT molecular complexity index is 1030. The number of esters is 1. The minimum absolute atomic E-state index is 0.169. The predicted molar refractivity (Wildman–Crippen MR) is 105 cm³/mol. The predicted octanol–water partition coefficient (Wildman–Crippen LogP) is 3.65. The Labute approximate surface area is 171 Å². The van der Waals surface area contributed by atoms with E-state index >= 15 is 0 Å². The number of thioether (sulfide) groups is 1. The molecule has 1 unspecified atom stereocenters. The fourth-order valence-electron chi connectivity index (χ4n) is 2.89. The third kappa shape index (κ3) is 4.00. The van der Waals surface area contributed by atoms with E-state index in [1.807, 2.05) is 28.8 Å². The second-order valence-electron chi connectivity index (χ2n) is 6.15. The number of carbonyl (C=O) groups excluding carboxylic acids is 1. The summed E-state index contributed by atoms with van der Waals surface area (Å²) >= 11 is 1.44. The third-order valence-corrected chi connectivity index (χ3v) is 5.23. The highest BCUT2D eigenvalue weighted by Gasteiger charge is 2.28. The first kappa shape index (κ1) is 19.1. The van der Waals surface area contributed by atoms with Gasteiger partial charge in [-0.3, -0.25) is 4.57 Å². The van der Waals surface area contributed by atoms with E-state index in [0.717, 1.165) is 0 Å². The number of ether oxygens (including phenoxy) is 3. The molecule has 0 saturated heterocycles. The molecule has 0 spiro atoms. The highest BCUT2D eigenvalue weighted by atomic mass is 32.2. The van der Waals surface area contributed by atoms with Crippen LogP contribution in [0.15, 0.2) is 58.6 Å². The molecule has 0 radical (unpaired) electrons. The van der Waals surface area contributed by atoms with Crippen LogP contribution < -0.4 is 9.47 Å². The Balaban J connectivity index is 1.50. The maximum atomic E-state index is 11.5. The topological polar surface area (TPSA) is 88.6 Å². The molecule has 1 atom stereocenters. The first-order valence-corrected chi connectivity index (χ1v) is 9.90. The van der Waals surface area contributed by atoms with Gasteiger partial charge in [0.25, 0.3) is 0 Å². The van der Waals surface area contributed by atoms with E-state index in [2.05, 4.69) is 21.5 Å². The number of furan rings is 1. The lowest BCUT2D eigenvalue weighted by atomic mass is 10.2. The minimum Gasteiger partial charge on any atom is -0.485 e. The van der Waals surface area contributed by atoms with E-state index < -0.39 is 5.97 Å². The summed E-state index contributed by atoms with van der Waals surface area (Å²) in [5.41, 5.74) is 0. The average molecular weight is 413 g/mol. The second kappa shape index (κ2) is 8.44. The molecule has 3 aromatic rings. The van der Waals surface area contributed by atoms with Gasteiger partial charge in [0.15, 0.2) is 28.6 Å². The molecule has 4 rings (SSSR count). The highest BCUT2D eigenvalue weighted by Crippen LogP contribution is 2.36. The largest absolute Gasteiger partial charge is 0.485 e. The zero-order chi connectivity index (χ0) is 20.2. The quantitative estimate of drug-likeness (QED) is 0.329. The van der Waals surface area contributed by atoms with E-state index in [0.29, 0.717) is 47.1 Å². The summed E-state index contributed by atoms with van der Waals surface area (Å²) in [5.74, 6) is 2.84. The number of rotatable bonds is 7. The zero-order valence-corrected chi connectivity index (χ0v) is 16.6. The summed E-state index contributed by atoms with van der Waals surface area (Å²) < 4.78 is 24.0. The van der Waals surface area contributed by atoms with Crippen molar-refractivity contribution >= 4 is 17.7 Å². The van der Waals surface area contributed by atoms with Gasteiger partial charge in [-0.05, 0) is 24.3 Å². The van der Waals surface area contributed by atoms with E-state index in [9.17, 15) is 4.79 Å². The molecule has 1 aliphatic heterocycles. The molecule has 29 heavy (non-hydrogen) atoms. The van der Waals surface area contributed by atoms with Crippen LogP contribution >= 0.6 is 11.8 Å². The van der Waals surface area contributed by atoms with Gasteiger partial charge in [-0.1, -0.05) is 30.0 Å². The number of hydrogen-bond acceptors (Lipinski definition) is 8. The standard InChI is InChI=1S/C20H19N3O5S/c1-3-10-23-18(17-11-26-14-6-4-5-7-15(14)28-17)21-22-20(23)29-12-13-8-9-16(27-13)19(24)25-2/h3-9,17H,1,10-12H2,2H3. The minimum atomic E-state index is -0.506. The van der Waals surface area contributed by atoms with Crippen LogP contribution in [0.2, 0.25) is 0 Å². The molecular formula is C20H19N3O5S. The van der Waals surface area contributed by atoms with Crippen LogP contribution in [0.4, 0.5) is 0 Å². The van der Waals surface area contributed by atoms with Gasteiger partial charge in [0, 0.05) is 6.54 Å². The van der Waals surface area contributed by atoms with E-state index in [4.69, 9.17) is 13.9 Å². The Morgan fingerprint density at radius 1 is 1.31 bits per heavy atom. The molecule has 0 N–H and O–H groups in total. The Morgan fingerprint density at radius 2 is 2.14 bits per heavy atom. The summed E-state index contributed by atoms with van der Waals surface area (Å²) in [4.78, 5) is 11.5. The van der Waals surface area contributed by atoms with E-state index in [1.54, 1.807) is 18.2 Å². The van der Waals surface area contributed by atoms with E-state index in [1.165, 1.54) is 18.9 Å². The summed E-state index contributed by atoms with van der Waals surface area (Å²) in [5, 5.41) is 9.32. The number of methoxy groups -OCH3 is 1. The van der Waals surface area contributed by atoms with Crippen molar-refractivity contribution in [3.05, 3.63) is 66.4 Å². The van der Waals surface area contributed by atoms with Crippen molar-refractivity contribution in [2.75, 3.05) is 13.7 Å². The molecule has 0 fully saturated rings. The fourth-order valence-corrected chi connectivity index (χ4v) is 3.74. The van der Waals surface area contributed by atoms with Gasteiger partial charge in [-0.2, -0.15) is 0 Å². The molecule has 8 nitrogen and oxygen atoms in total. The molecule has 0 saturated carbocycles. The second-order valence-corrected chi connectivity index (χ2v) is 7.09. The van der Waals surface area contributed by atoms with Crippen LogP contribution in [0, 0.1) is 0 Å². The lowest BCUT2D eigenvalue weighted by Crippen LogP contribution is -2.25. The van der Waals surface area contributed by atoms with Gasteiger partial charge in [-0.15, -0.1) is 16.8 Å². The Kier molecular flexibility index (Phi) is 5.57. The van der Waals surface area contributed by atoms with Crippen molar-refractivity contribution in [1.82, 2.24) is 14.8 Å². The van der Waals surface area contributed by atoms with Crippen molar-refractivity contribution < 1.29 is 23.4 Å². The molecule has 3 heterocycles. The average Bonchev–Trinajstić information content (AvgIpc) is 3.39. The Hall–Kier alpha value is -3.20. The van der Waals surface area contributed by atoms with Crippen LogP contribution in [0.5, 0.6) is 11.5 Å². The van der Waals surface area contributed by atoms with Crippen LogP contribution in [0.1, 0.15) is 28.2 Å². The highest BCUT2D eigenvalue weighted by molar-refractivity contribution is 7.98. The number of carbonyl (C=O) groups is 1. The molecule has 150 valence electrons. The van der Waals surface area contributed by atoms with Gasteiger partial charge >= 0.3 is 5.97 Å². The zero-order valence-electron chi connectivity index (χ0n) is 15.7. The smallest absolute Gasteiger partial charge is 0.373 e. The SMILES string of the molecule is C=CCn1c(SCc2ccc(C(=O)OC)o2)nnc1C1COc2ccccc2O1. The molecule has 2 aromatic heterocycles. The molecule has 1 aliphatic rings. The molecule has 1 aromatic carbocycles. The van der Waals surface area contributed by atoms with Gasteiger partial charge in [-0.25, -0.2) is 4.79 Å².